The van der Waals surface area contributed by atoms with Crippen LogP contribution < -0.4 is 19.5 Å². The van der Waals surface area contributed by atoms with Crippen molar-refractivity contribution in [1.82, 2.24) is 0 Å². The number of fused-ring (bicyclic) bond motifs is 1. The molecule has 1 aliphatic rings. The Morgan fingerprint density at radius 1 is 1.24 bits per heavy atom. The van der Waals surface area contributed by atoms with Crippen LogP contribution in [-0.4, -0.2) is 24.7 Å². The smallest absolute Gasteiger partial charge is 0.280 e. The van der Waals surface area contributed by atoms with E-state index in [-0.39, 0.29) is 18.0 Å². The minimum atomic E-state index is -0.539. The van der Waals surface area contributed by atoms with Crippen molar-refractivity contribution in [2.45, 2.75) is 0 Å². The molecule has 1 aliphatic heterocycles. The zero-order chi connectivity index (χ0) is 17.8. The van der Waals surface area contributed by atoms with Crippen molar-refractivity contribution in [2.24, 2.45) is 0 Å². The molecule has 0 aromatic heterocycles. The van der Waals surface area contributed by atoms with Crippen molar-refractivity contribution in [3.05, 3.63) is 58.2 Å². The summed E-state index contributed by atoms with van der Waals surface area (Å²) in [5.41, 5.74) is 0.660. The topological polar surface area (TPSA) is 99.9 Å². The predicted molar refractivity (Wildman–Crippen MR) is 89.9 cm³/mol. The Morgan fingerprint density at radius 3 is 2.56 bits per heavy atom. The lowest BCUT2D eigenvalue weighted by Gasteiger charge is -2.04. The molecule has 8 heteroatoms. The number of carbonyl (C=O) groups excluding carboxylic acids is 1. The summed E-state index contributed by atoms with van der Waals surface area (Å²) >= 11 is 0. The van der Waals surface area contributed by atoms with Crippen LogP contribution in [-0.2, 0) is 4.79 Å². The molecular formula is C17H14N2O6. The van der Waals surface area contributed by atoms with Crippen LogP contribution >= 0.6 is 0 Å². The Balaban J connectivity index is 1.76. The van der Waals surface area contributed by atoms with Crippen molar-refractivity contribution in [1.29, 1.82) is 0 Å². The molecule has 0 atom stereocenters. The SMILES string of the molecule is COc1ccc(NC(=O)/C=C/c2cc3c(cc2[N+](=O)[O-])OCO3)cc1. The van der Waals surface area contributed by atoms with E-state index in [9.17, 15) is 14.9 Å². The van der Waals surface area contributed by atoms with E-state index in [1.807, 2.05) is 0 Å². The molecular weight excluding hydrogens is 328 g/mol. The number of carbonyl (C=O) groups is 1. The second-order valence-electron chi connectivity index (χ2n) is 5.07. The van der Waals surface area contributed by atoms with Crippen LogP contribution in [0.15, 0.2) is 42.5 Å². The first-order valence-electron chi connectivity index (χ1n) is 7.28. The van der Waals surface area contributed by atoms with Gasteiger partial charge in [0.15, 0.2) is 11.5 Å². The fourth-order valence-corrected chi connectivity index (χ4v) is 2.26. The first kappa shape index (κ1) is 16.3. The zero-order valence-electron chi connectivity index (χ0n) is 13.2. The van der Waals surface area contributed by atoms with E-state index in [1.165, 1.54) is 24.3 Å². The van der Waals surface area contributed by atoms with Crippen molar-refractivity contribution in [2.75, 3.05) is 19.2 Å². The Morgan fingerprint density at radius 2 is 1.92 bits per heavy atom. The molecule has 0 saturated carbocycles. The number of hydrogen-bond donors (Lipinski definition) is 1. The summed E-state index contributed by atoms with van der Waals surface area (Å²) in [5.74, 6) is 0.967. The lowest BCUT2D eigenvalue weighted by atomic mass is 10.1. The monoisotopic (exact) mass is 342 g/mol. The summed E-state index contributed by atoms with van der Waals surface area (Å²) < 4.78 is 15.4. The summed E-state index contributed by atoms with van der Waals surface area (Å²) in [5, 5.41) is 13.8. The summed E-state index contributed by atoms with van der Waals surface area (Å²) in [6.07, 6.45) is 2.58. The third-order valence-corrected chi connectivity index (χ3v) is 3.49. The highest BCUT2D eigenvalue weighted by Crippen LogP contribution is 2.38. The highest BCUT2D eigenvalue weighted by atomic mass is 16.7. The number of nitro groups is 1. The third kappa shape index (κ3) is 3.69. The van der Waals surface area contributed by atoms with Gasteiger partial charge in [0.1, 0.15) is 5.75 Å². The maximum atomic E-state index is 12.0. The van der Waals surface area contributed by atoms with Gasteiger partial charge >= 0.3 is 0 Å². The molecule has 1 N–H and O–H groups in total. The molecule has 1 amide bonds. The van der Waals surface area contributed by atoms with Gasteiger partial charge in [0, 0.05) is 11.8 Å². The Labute approximate surface area is 142 Å². The van der Waals surface area contributed by atoms with Crippen LogP contribution in [0.4, 0.5) is 11.4 Å². The van der Waals surface area contributed by atoms with Crippen molar-refractivity contribution in [3.8, 4) is 17.2 Å². The zero-order valence-corrected chi connectivity index (χ0v) is 13.2. The Kier molecular flexibility index (Phi) is 4.51. The number of nitro benzene ring substituents is 1. The van der Waals surface area contributed by atoms with E-state index >= 15 is 0 Å². The number of benzene rings is 2. The maximum absolute atomic E-state index is 12.0. The Hall–Kier alpha value is -3.55. The van der Waals surface area contributed by atoms with Gasteiger partial charge in [-0.2, -0.15) is 0 Å². The van der Waals surface area contributed by atoms with E-state index in [0.717, 1.165) is 0 Å². The minimum Gasteiger partial charge on any atom is -0.497 e. The van der Waals surface area contributed by atoms with Gasteiger partial charge in [-0.15, -0.1) is 0 Å². The lowest BCUT2D eigenvalue weighted by molar-refractivity contribution is -0.385. The molecule has 1 heterocycles. The van der Waals surface area contributed by atoms with E-state index < -0.39 is 10.8 Å². The molecule has 3 rings (SSSR count). The molecule has 0 saturated heterocycles. The predicted octanol–water partition coefficient (Wildman–Crippen LogP) is 2.98. The third-order valence-electron chi connectivity index (χ3n) is 3.49. The average molecular weight is 342 g/mol. The van der Waals surface area contributed by atoms with Crippen molar-refractivity contribution >= 4 is 23.4 Å². The van der Waals surface area contributed by atoms with Crippen LogP contribution in [0, 0.1) is 10.1 Å². The van der Waals surface area contributed by atoms with Gasteiger partial charge in [0.05, 0.1) is 23.7 Å². The molecule has 0 unspecified atom stereocenters. The minimum absolute atomic E-state index is 0.0115. The molecule has 2 aromatic rings. The summed E-state index contributed by atoms with van der Waals surface area (Å²) in [6, 6.07) is 9.55. The molecule has 2 aromatic carbocycles. The average Bonchev–Trinajstić information content (AvgIpc) is 3.07. The number of nitrogens with one attached hydrogen (secondary N) is 1. The molecule has 0 fully saturated rings. The first-order valence-corrected chi connectivity index (χ1v) is 7.28. The van der Waals surface area contributed by atoms with E-state index in [1.54, 1.807) is 31.4 Å². The fraction of sp³-hybridized carbons (Fsp3) is 0.118. The quantitative estimate of drug-likeness (QED) is 0.509. The lowest BCUT2D eigenvalue weighted by Crippen LogP contribution is -2.07. The van der Waals surface area contributed by atoms with Crippen LogP contribution in [0.5, 0.6) is 17.2 Å². The second kappa shape index (κ2) is 6.91. The first-order chi connectivity index (χ1) is 12.1. The van der Waals surface area contributed by atoms with Crippen molar-refractivity contribution < 1.29 is 23.9 Å². The second-order valence-corrected chi connectivity index (χ2v) is 5.07. The van der Waals surface area contributed by atoms with E-state index in [2.05, 4.69) is 5.32 Å². The summed E-state index contributed by atoms with van der Waals surface area (Å²) in [6.45, 7) is 0.0115. The number of rotatable bonds is 5. The standard InChI is InChI=1S/C17H14N2O6/c1-23-13-5-3-12(4-6-13)18-17(20)7-2-11-8-15-16(25-10-24-15)9-14(11)19(21)22/h2-9H,10H2,1H3,(H,18,20)/b7-2+. The Bertz CT molecular complexity index is 845. The fourth-order valence-electron chi connectivity index (χ4n) is 2.26. The molecule has 128 valence electrons. The molecule has 0 aliphatic carbocycles. The van der Waals surface area contributed by atoms with E-state index in [0.29, 0.717) is 22.9 Å². The van der Waals surface area contributed by atoms with Gasteiger partial charge in [0.2, 0.25) is 12.7 Å². The van der Waals surface area contributed by atoms with Gasteiger partial charge in [-0.25, -0.2) is 0 Å². The largest absolute Gasteiger partial charge is 0.497 e. The molecule has 0 spiro atoms. The van der Waals surface area contributed by atoms with E-state index in [4.69, 9.17) is 14.2 Å². The van der Waals surface area contributed by atoms with Crippen LogP contribution in [0.2, 0.25) is 0 Å². The highest BCUT2D eigenvalue weighted by Gasteiger charge is 2.22. The molecule has 0 bridgehead atoms. The number of ether oxygens (including phenoxy) is 3. The molecule has 8 nitrogen and oxygen atoms in total. The van der Waals surface area contributed by atoms with Crippen molar-refractivity contribution in [3.63, 3.8) is 0 Å². The summed E-state index contributed by atoms with van der Waals surface area (Å²) in [4.78, 5) is 22.6. The molecule has 25 heavy (non-hydrogen) atoms. The van der Waals surface area contributed by atoms with Gasteiger partial charge in [-0.3, -0.25) is 14.9 Å². The van der Waals surface area contributed by atoms with Gasteiger partial charge < -0.3 is 19.5 Å². The van der Waals surface area contributed by atoms with Gasteiger partial charge in [-0.1, -0.05) is 0 Å². The molecule has 0 radical (unpaired) electrons. The van der Waals surface area contributed by atoms with Gasteiger partial charge in [-0.05, 0) is 36.4 Å². The number of methoxy groups -OCH3 is 1. The van der Waals surface area contributed by atoms with Crippen LogP contribution in [0.1, 0.15) is 5.56 Å². The number of anilines is 1. The number of hydrogen-bond acceptors (Lipinski definition) is 6. The number of amides is 1. The van der Waals surface area contributed by atoms with Crippen LogP contribution in [0.3, 0.4) is 0 Å². The highest BCUT2D eigenvalue weighted by molar-refractivity contribution is 6.02. The maximum Gasteiger partial charge on any atom is 0.280 e. The number of nitrogens with zero attached hydrogens (tertiary/aromatic N) is 1. The summed E-state index contributed by atoms with van der Waals surface area (Å²) in [7, 11) is 1.55. The van der Waals surface area contributed by atoms with Gasteiger partial charge in [0.25, 0.3) is 5.69 Å². The normalized spacial score (nSPS) is 12.2. The van der Waals surface area contributed by atoms with Crippen LogP contribution in [0.25, 0.3) is 6.08 Å².